The molecule has 1 aromatic rings. The van der Waals surface area contributed by atoms with Crippen LogP contribution in [-0.4, -0.2) is 36.3 Å². The first-order valence-corrected chi connectivity index (χ1v) is 7.98. The zero-order chi connectivity index (χ0) is 15.6. The number of rotatable bonds is 5. The van der Waals surface area contributed by atoms with Crippen molar-refractivity contribution < 1.29 is 18.3 Å². The molecule has 0 radical (unpaired) electrons. The van der Waals surface area contributed by atoms with Gasteiger partial charge in [-0.3, -0.25) is 20.2 Å². The number of hydrogen-bond acceptors (Lipinski definition) is 7. The van der Waals surface area contributed by atoms with Crippen LogP contribution in [0.4, 0.5) is 17.1 Å². The maximum absolute atomic E-state index is 11.3. The lowest BCUT2D eigenvalue weighted by molar-refractivity contribution is -0.393. The fourth-order valence-electron chi connectivity index (χ4n) is 2.22. The van der Waals surface area contributed by atoms with E-state index in [0.29, 0.717) is 6.42 Å². The van der Waals surface area contributed by atoms with E-state index in [4.69, 9.17) is 0 Å². The van der Waals surface area contributed by atoms with Crippen molar-refractivity contribution in [2.75, 3.05) is 23.4 Å². The fourth-order valence-corrected chi connectivity index (χ4v) is 4.08. The largest absolute Gasteiger partial charge is 0.379 e. The van der Waals surface area contributed by atoms with E-state index in [1.807, 2.05) is 0 Å². The third kappa shape index (κ3) is 3.66. The quantitative estimate of drug-likeness (QED) is 0.640. The third-order valence-corrected chi connectivity index (χ3v) is 5.13. The van der Waals surface area contributed by atoms with Crippen molar-refractivity contribution in [3.63, 3.8) is 0 Å². The molecular weight excluding hydrogens is 302 g/mol. The van der Waals surface area contributed by atoms with Crippen molar-refractivity contribution in [2.45, 2.75) is 6.42 Å². The van der Waals surface area contributed by atoms with Gasteiger partial charge in [0.25, 0.3) is 11.4 Å². The molecule has 1 aliphatic rings. The number of sulfone groups is 1. The van der Waals surface area contributed by atoms with E-state index >= 15 is 0 Å². The van der Waals surface area contributed by atoms with Crippen LogP contribution in [0, 0.1) is 26.1 Å². The van der Waals surface area contributed by atoms with Crippen molar-refractivity contribution in [2.24, 2.45) is 5.92 Å². The van der Waals surface area contributed by atoms with Gasteiger partial charge in [-0.05, 0) is 18.4 Å². The topological polar surface area (TPSA) is 132 Å². The van der Waals surface area contributed by atoms with E-state index in [-0.39, 0.29) is 35.3 Å². The summed E-state index contributed by atoms with van der Waals surface area (Å²) in [4.78, 5) is 20.1. The highest BCUT2D eigenvalue weighted by molar-refractivity contribution is 7.91. The van der Waals surface area contributed by atoms with Crippen molar-refractivity contribution in [1.82, 2.24) is 0 Å². The van der Waals surface area contributed by atoms with E-state index in [0.717, 1.165) is 6.07 Å². The number of nitrogens with one attached hydrogen (secondary N) is 1. The highest BCUT2D eigenvalue weighted by atomic mass is 32.2. The minimum absolute atomic E-state index is 0.0563. The summed E-state index contributed by atoms with van der Waals surface area (Å²) in [5.74, 6) is 0.0763. The van der Waals surface area contributed by atoms with E-state index in [9.17, 15) is 28.6 Å². The van der Waals surface area contributed by atoms with Crippen LogP contribution >= 0.6 is 0 Å². The van der Waals surface area contributed by atoms with Gasteiger partial charge < -0.3 is 5.32 Å². The molecule has 0 unspecified atom stereocenters. The fraction of sp³-hybridized carbons (Fsp3) is 0.455. The smallest absolute Gasteiger partial charge is 0.299 e. The zero-order valence-corrected chi connectivity index (χ0v) is 11.7. The van der Waals surface area contributed by atoms with Gasteiger partial charge in [0.2, 0.25) is 0 Å². The molecule has 2 rings (SSSR count). The van der Waals surface area contributed by atoms with Crippen LogP contribution in [-0.2, 0) is 9.84 Å². The summed E-state index contributed by atoms with van der Waals surface area (Å²) < 4.78 is 22.7. The second-order valence-electron chi connectivity index (χ2n) is 4.87. The normalized spacial score (nSPS) is 20.1. The number of nitro groups is 2. The first-order chi connectivity index (χ1) is 9.78. The van der Waals surface area contributed by atoms with Crippen molar-refractivity contribution in [3.05, 3.63) is 38.4 Å². The van der Waals surface area contributed by atoms with Gasteiger partial charge >= 0.3 is 0 Å². The molecule has 0 amide bonds. The molecule has 1 aliphatic heterocycles. The summed E-state index contributed by atoms with van der Waals surface area (Å²) in [5.41, 5.74) is -0.615. The lowest BCUT2D eigenvalue weighted by atomic mass is 10.1. The molecule has 0 spiro atoms. The van der Waals surface area contributed by atoms with Gasteiger partial charge in [-0.1, -0.05) is 0 Å². The molecule has 1 atom stereocenters. The number of nitro benzene ring substituents is 2. The molecule has 1 fully saturated rings. The van der Waals surface area contributed by atoms with Crippen LogP contribution in [0.1, 0.15) is 6.42 Å². The molecule has 0 bridgehead atoms. The van der Waals surface area contributed by atoms with E-state index < -0.39 is 25.4 Å². The summed E-state index contributed by atoms with van der Waals surface area (Å²) in [7, 11) is -3.01. The molecule has 1 saturated heterocycles. The van der Waals surface area contributed by atoms with Crippen molar-refractivity contribution >= 4 is 26.9 Å². The summed E-state index contributed by atoms with van der Waals surface area (Å²) in [6.45, 7) is 0.276. The summed E-state index contributed by atoms with van der Waals surface area (Å²) in [6.07, 6.45) is 0.510. The summed E-state index contributed by atoms with van der Waals surface area (Å²) >= 11 is 0. The van der Waals surface area contributed by atoms with Crippen LogP contribution in [0.15, 0.2) is 18.2 Å². The maximum atomic E-state index is 11.3. The average molecular weight is 315 g/mol. The highest BCUT2D eigenvalue weighted by Crippen LogP contribution is 2.29. The van der Waals surface area contributed by atoms with Crippen molar-refractivity contribution in [1.29, 1.82) is 0 Å². The molecule has 114 valence electrons. The number of hydrogen-bond donors (Lipinski definition) is 1. The Kier molecular flexibility index (Phi) is 4.07. The van der Waals surface area contributed by atoms with Gasteiger partial charge in [0, 0.05) is 12.6 Å². The Balaban J connectivity index is 2.13. The third-order valence-electron chi connectivity index (χ3n) is 3.30. The van der Waals surface area contributed by atoms with Gasteiger partial charge in [0.05, 0.1) is 27.4 Å². The lowest BCUT2D eigenvalue weighted by Crippen LogP contribution is -2.16. The van der Waals surface area contributed by atoms with Crippen LogP contribution < -0.4 is 5.32 Å². The van der Waals surface area contributed by atoms with Crippen LogP contribution in [0.2, 0.25) is 0 Å². The second-order valence-corrected chi connectivity index (χ2v) is 7.09. The Morgan fingerprint density at radius 1 is 1.24 bits per heavy atom. The van der Waals surface area contributed by atoms with E-state index in [1.165, 1.54) is 12.1 Å². The Morgan fingerprint density at radius 3 is 2.48 bits per heavy atom. The highest BCUT2D eigenvalue weighted by Gasteiger charge is 2.28. The molecule has 21 heavy (non-hydrogen) atoms. The molecule has 9 nitrogen and oxygen atoms in total. The number of non-ortho nitro benzene ring substituents is 1. The Hall–Kier alpha value is -2.23. The first-order valence-electron chi connectivity index (χ1n) is 6.15. The van der Waals surface area contributed by atoms with Crippen LogP contribution in [0.25, 0.3) is 0 Å². The minimum atomic E-state index is -3.01. The molecule has 0 aliphatic carbocycles. The van der Waals surface area contributed by atoms with Gasteiger partial charge in [-0.25, -0.2) is 8.42 Å². The standard InChI is InChI=1S/C11H13N3O6S/c15-13(16)9-1-2-10(11(5-9)14(17)18)12-6-8-3-4-21(19,20)7-8/h1-2,5,8,12H,3-4,6-7H2/t8-/m0/s1. The Morgan fingerprint density at radius 2 is 1.95 bits per heavy atom. The van der Waals surface area contributed by atoms with E-state index in [2.05, 4.69) is 5.32 Å². The van der Waals surface area contributed by atoms with Crippen molar-refractivity contribution in [3.8, 4) is 0 Å². The second kappa shape index (κ2) is 5.64. The minimum Gasteiger partial charge on any atom is -0.379 e. The molecule has 10 heteroatoms. The SMILES string of the molecule is O=[N+]([O-])c1ccc(NC[C@@H]2CCS(=O)(=O)C2)c([N+](=O)[O-])c1. The first kappa shape index (κ1) is 15.2. The van der Waals surface area contributed by atoms with Gasteiger partial charge in [0.1, 0.15) is 5.69 Å². The number of benzene rings is 1. The van der Waals surface area contributed by atoms with Gasteiger partial charge in [-0.15, -0.1) is 0 Å². The maximum Gasteiger partial charge on any atom is 0.299 e. The van der Waals surface area contributed by atoms with E-state index in [1.54, 1.807) is 0 Å². The summed E-state index contributed by atoms with van der Waals surface area (Å²) in [6, 6.07) is 3.31. The van der Waals surface area contributed by atoms with Crippen LogP contribution in [0.3, 0.4) is 0 Å². The Bertz CT molecular complexity index is 687. The average Bonchev–Trinajstić information content (AvgIpc) is 2.75. The predicted octanol–water partition coefficient (Wildman–Crippen LogP) is 1.35. The zero-order valence-electron chi connectivity index (χ0n) is 10.9. The molecular formula is C11H13N3O6S. The molecule has 1 heterocycles. The number of anilines is 1. The molecule has 0 aromatic heterocycles. The lowest BCUT2D eigenvalue weighted by Gasteiger charge is -2.10. The molecule has 0 saturated carbocycles. The summed E-state index contributed by atoms with van der Waals surface area (Å²) in [5, 5.41) is 24.4. The number of nitrogens with zero attached hydrogens (tertiary/aromatic N) is 2. The predicted molar refractivity (Wildman–Crippen MR) is 75.0 cm³/mol. The Labute approximate surface area is 120 Å². The molecule has 1 aromatic carbocycles. The van der Waals surface area contributed by atoms with Crippen LogP contribution in [0.5, 0.6) is 0 Å². The monoisotopic (exact) mass is 315 g/mol. The molecule has 1 N–H and O–H groups in total. The van der Waals surface area contributed by atoms with Gasteiger partial charge in [-0.2, -0.15) is 0 Å². The van der Waals surface area contributed by atoms with Gasteiger partial charge in [0.15, 0.2) is 9.84 Å².